The number of anilines is 2. The van der Waals surface area contributed by atoms with E-state index in [0.29, 0.717) is 17.4 Å². The normalized spacial score (nSPS) is 11.1. The second kappa shape index (κ2) is 6.75. The number of ether oxygens (including phenoxy) is 1. The SMILES string of the molecule is COC(=O)c1c(N)nsc1N(CC(C)C)CC(C)C. The van der Waals surface area contributed by atoms with Gasteiger partial charge < -0.3 is 15.4 Å². The lowest BCUT2D eigenvalue weighted by Gasteiger charge is -2.27. The minimum atomic E-state index is -0.418. The van der Waals surface area contributed by atoms with Gasteiger partial charge in [-0.2, -0.15) is 4.37 Å². The van der Waals surface area contributed by atoms with Crippen LogP contribution in [0.2, 0.25) is 0 Å². The minimum absolute atomic E-state index is 0.254. The monoisotopic (exact) mass is 285 g/mol. The Morgan fingerprint density at radius 3 is 2.26 bits per heavy atom. The summed E-state index contributed by atoms with van der Waals surface area (Å²) in [5.74, 6) is 0.822. The number of nitrogens with zero attached hydrogens (tertiary/aromatic N) is 2. The van der Waals surface area contributed by atoms with E-state index in [4.69, 9.17) is 10.5 Å². The van der Waals surface area contributed by atoms with Gasteiger partial charge in [-0.25, -0.2) is 4.79 Å². The molecule has 1 heterocycles. The van der Waals surface area contributed by atoms with Gasteiger partial charge in [0.05, 0.1) is 7.11 Å². The molecule has 5 nitrogen and oxygen atoms in total. The van der Waals surface area contributed by atoms with Gasteiger partial charge in [-0.3, -0.25) is 0 Å². The molecule has 0 amide bonds. The summed E-state index contributed by atoms with van der Waals surface area (Å²) in [4.78, 5) is 14.0. The summed E-state index contributed by atoms with van der Waals surface area (Å²) < 4.78 is 8.90. The standard InChI is InChI=1S/C13H23N3O2S/c1-8(2)6-16(7-9(3)4)12-10(13(17)18-5)11(14)15-19-12/h8-9H,6-7H2,1-5H3,(H2,14,15). The number of nitrogen functional groups attached to an aromatic ring is 1. The van der Waals surface area contributed by atoms with E-state index in [1.54, 1.807) is 0 Å². The fourth-order valence-corrected chi connectivity index (χ4v) is 2.74. The Balaban J connectivity index is 3.11. The summed E-state index contributed by atoms with van der Waals surface area (Å²) in [5.41, 5.74) is 6.19. The van der Waals surface area contributed by atoms with Crippen LogP contribution in [0.3, 0.4) is 0 Å². The molecular weight excluding hydrogens is 262 g/mol. The van der Waals surface area contributed by atoms with Crippen molar-refractivity contribution < 1.29 is 9.53 Å². The molecule has 0 aliphatic heterocycles. The molecule has 0 aromatic carbocycles. The lowest BCUT2D eigenvalue weighted by Crippen LogP contribution is -2.31. The zero-order valence-corrected chi connectivity index (χ0v) is 13.1. The average molecular weight is 285 g/mol. The zero-order valence-electron chi connectivity index (χ0n) is 12.3. The molecule has 1 rings (SSSR count). The Kier molecular flexibility index (Phi) is 5.60. The third-order valence-electron chi connectivity index (χ3n) is 2.55. The molecule has 1 aromatic heterocycles. The van der Waals surface area contributed by atoms with Crippen molar-refractivity contribution in [3.63, 3.8) is 0 Å². The van der Waals surface area contributed by atoms with Crippen molar-refractivity contribution in [1.29, 1.82) is 0 Å². The summed E-state index contributed by atoms with van der Waals surface area (Å²) >= 11 is 1.26. The maximum absolute atomic E-state index is 11.8. The maximum atomic E-state index is 11.8. The molecule has 0 radical (unpaired) electrons. The highest BCUT2D eigenvalue weighted by Crippen LogP contribution is 2.32. The van der Waals surface area contributed by atoms with Gasteiger partial charge in [-0.15, -0.1) is 0 Å². The molecule has 0 bridgehead atoms. The van der Waals surface area contributed by atoms with Crippen LogP contribution in [0.25, 0.3) is 0 Å². The Hall–Kier alpha value is -1.30. The number of hydrogen-bond donors (Lipinski definition) is 1. The molecule has 0 saturated carbocycles. The van der Waals surface area contributed by atoms with E-state index in [1.807, 2.05) is 0 Å². The lowest BCUT2D eigenvalue weighted by molar-refractivity contribution is 0.0603. The zero-order chi connectivity index (χ0) is 14.6. The number of nitrogens with two attached hydrogens (primary N) is 1. The highest BCUT2D eigenvalue weighted by atomic mass is 32.1. The van der Waals surface area contributed by atoms with E-state index in [1.165, 1.54) is 18.6 Å². The van der Waals surface area contributed by atoms with Crippen LogP contribution >= 0.6 is 11.5 Å². The summed E-state index contributed by atoms with van der Waals surface area (Å²) in [6, 6.07) is 0. The lowest BCUT2D eigenvalue weighted by atomic mass is 10.1. The highest BCUT2D eigenvalue weighted by molar-refractivity contribution is 7.11. The fraction of sp³-hybridized carbons (Fsp3) is 0.692. The van der Waals surface area contributed by atoms with Crippen LogP contribution in [0.15, 0.2) is 0 Å². The van der Waals surface area contributed by atoms with Crippen molar-refractivity contribution in [3.8, 4) is 0 Å². The maximum Gasteiger partial charge on any atom is 0.344 e. The van der Waals surface area contributed by atoms with Crippen LogP contribution in [-0.2, 0) is 4.74 Å². The smallest absolute Gasteiger partial charge is 0.344 e. The summed E-state index contributed by atoms with van der Waals surface area (Å²) in [6.45, 7) is 10.3. The number of aromatic nitrogens is 1. The second-order valence-corrected chi connectivity index (χ2v) is 6.18. The van der Waals surface area contributed by atoms with Crippen LogP contribution in [-0.4, -0.2) is 30.5 Å². The Morgan fingerprint density at radius 1 is 1.32 bits per heavy atom. The summed E-state index contributed by atoms with van der Waals surface area (Å²) in [5, 5.41) is 0.812. The van der Waals surface area contributed by atoms with E-state index in [2.05, 4.69) is 37.0 Å². The Labute approximate surface area is 118 Å². The van der Waals surface area contributed by atoms with Gasteiger partial charge in [-0.05, 0) is 23.4 Å². The molecule has 0 atom stereocenters. The third kappa shape index (κ3) is 4.09. The number of hydrogen-bond acceptors (Lipinski definition) is 6. The van der Waals surface area contributed by atoms with E-state index >= 15 is 0 Å². The molecule has 0 aliphatic rings. The Bertz CT molecular complexity index is 420. The number of esters is 1. The van der Waals surface area contributed by atoms with Crippen molar-refractivity contribution in [1.82, 2.24) is 4.37 Å². The first-order chi connectivity index (χ1) is 8.86. The molecule has 0 fully saturated rings. The quantitative estimate of drug-likeness (QED) is 0.814. The van der Waals surface area contributed by atoms with Gasteiger partial charge in [0.2, 0.25) is 0 Å². The first-order valence-corrected chi connectivity index (χ1v) is 7.22. The molecule has 0 saturated heterocycles. The number of carbonyl (C=O) groups excluding carboxylic acids is 1. The van der Waals surface area contributed by atoms with Gasteiger partial charge in [0.1, 0.15) is 10.6 Å². The summed E-state index contributed by atoms with van der Waals surface area (Å²) in [6.07, 6.45) is 0. The van der Waals surface area contributed by atoms with Gasteiger partial charge in [0, 0.05) is 13.1 Å². The summed E-state index contributed by atoms with van der Waals surface area (Å²) in [7, 11) is 1.36. The molecule has 0 unspecified atom stereocenters. The Morgan fingerprint density at radius 2 is 1.84 bits per heavy atom. The van der Waals surface area contributed by atoms with Crippen LogP contribution in [0, 0.1) is 11.8 Å². The largest absolute Gasteiger partial charge is 0.465 e. The topological polar surface area (TPSA) is 68.5 Å². The van der Waals surface area contributed by atoms with E-state index in [9.17, 15) is 4.79 Å². The van der Waals surface area contributed by atoms with Crippen LogP contribution in [0.5, 0.6) is 0 Å². The van der Waals surface area contributed by atoms with E-state index < -0.39 is 5.97 Å². The fourth-order valence-electron chi connectivity index (χ4n) is 1.92. The van der Waals surface area contributed by atoms with Gasteiger partial charge >= 0.3 is 5.97 Å². The molecule has 19 heavy (non-hydrogen) atoms. The molecule has 0 aliphatic carbocycles. The van der Waals surface area contributed by atoms with Gasteiger partial charge in [-0.1, -0.05) is 27.7 Å². The second-order valence-electron chi connectivity index (χ2n) is 5.43. The van der Waals surface area contributed by atoms with Crippen molar-refractivity contribution >= 4 is 28.3 Å². The third-order valence-corrected chi connectivity index (χ3v) is 3.47. The minimum Gasteiger partial charge on any atom is -0.465 e. The molecule has 6 heteroatoms. The van der Waals surface area contributed by atoms with Gasteiger partial charge in [0.15, 0.2) is 5.82 Å². The predicted molar refractivity (Wildman–Crippen MR) is 79.8 cm³/mol. The number of rotatable bonds is 6. The molecular formula is C13H23N3O2S. The van der Waals surface area contributed by atoms with Crippen LogP contribution < -0.4 is 10.6 Å². The molecule has 108 valence electrons. The highest BCUT2D eigenvalue weighted by Gasteiger charge is 2.25. The number of carbonyl (C=O) groups is 1. The van der Waals surface area contributed by atoms with Crippen molar-refractivity contribution in [2.24, 2.45) is 11.8 Å². The first-order valence-electron chi connectivity index (χ1n) is 6.45. The van der Waals surface area contributed by atoms with Crippen molar-refractivity contribution in [3.05, 3.63) is 5.56 Å². The molecule has 1 aromatic rings. The first kappa shape index (κ1) is 15.8. The predicted octanol–water partition coefficient (Wildman–Crippen LogP) is 2.63. The van der Waals surface area contributed by atoms with Crippen LogP contribution in [0.1, 0.15) is 38.1 Å². The van der Waals surface area contributed by atoms with Crippen molar-refractivity contribution in [2.45, 2.75) is 27.7 Å². The van der Waals surface area contributed by atoms with Crippen molar-refractivity contribution in [2.75, 3.05) is 30.8 Å². The van der Waals surface area contributed by atoms with Gasteiger partial charge in [0.25, 0.3) is 0 Å². The van der Waals surface area contributed by atoms with E-state index in [0.717, 1.165) is 18.1 Å². The number of methoxy groups -OCH3 is 1. The molecule has 0 spiro atoms. The molecule has 2 N–H and O–H groups in total. The van der Waals surface area contributed by atoms with E-state index in [-0.39, 0.29) is 5.82 Å². The van der Waals surface area contributed by atoms with Crippen LogP contribution in [0.4, 0.5) is 10.8 Å². The average Bonchev–Trinajstić information content (AvgIpc) is 2.68.